The van der Waals surface area contributed by atoms with Gasteiger partial charge in [-0.25, -0.2) is 0 Å². The van der Waals surface area contributed by atoms with Gasteiger partial charge in [-0.1, -0.05) is 11.6 Å². The number of hydrogen-bond acceptors (Lipinski definition) is 4. The number of fused-ring (bicyclic) bond motifs is 1. The Balaban J connectivity index is 1.53. The maximum Gasteiger partial charge on any atom is 0.253 e. The fourth-order valence-electron chi connectivity index (χ4n) is 2.87. The zero-order chi connectivity index (χ0) is 19.2. The van der Waals surface area contributed by atoms with E-state index >= 15 is 0 Å². The minimum Gasteiger partial charge on any atom is -0.497 e. The quantitative estimate of drug-likeness (QED) is 0.611. The van der Waals surface area contributed by atoms with Crippen molar-refractivity contribution >= 4 is 34.1 Å². The number of rotatable bonds is 7. The molecule has 5 nitrogen and oxygen atoms in total. The van der Waals surface area contributed by atoms with Crippen LogP contribution in [-0.2, 0) is 0 Å². The lowest BCUT2D eigenvalue weighted by molar-refractivity contribution is 0.0794. The summed E-state index contributed by atoms with van der Waals surface area (Å²) in [6.07, 6.45) is 2.59. The summed E-state index contributed by atoms with van der Waals surface area (Å²) in [5, 5.41) is 5.12. The number of hydrogen-bond donors (Lipinski definition) is 1. The van der Waals surface area contributed by atoms with Gasteiger partial charge in [0, 0.05) is 48.0 Å². The molecular formula is C21H22ClN3O2. The number of nitrogens with zero attached hydrogens (tertiary/aromatic N) is 2. The van der Waals surface area contributed by atoms with Crippen molar-refractivity contribution in [3.05, 3.63) is 65.3 Å². The summed E-state index contributed by atoms with van der Waals surface area (Å²) in [6, 6.07) is 14.8. The van der Waals surface area contributed by atoms with Gasteiger partial charge in [-0.3, -0.25) is 9.78 Å². The molecule has 1 heterocycles. The van der Waals surface area contributed by atoms with Gasteiger partial charge in [0.1, 0.15) is 5.75 Å². The molecule has 1 N–H and O–H groups in total. The standard InChI is InChI=1S/C21H22ClN3O2/c1-25(21(26)15-4-7-17(27-2)8-5-15)13-3-11-23-19-10-12-24-20-14-16(22)6-9-18(19)20/h4-10,12,14H,3,11,13H2,1-2H3,(H,23,24). The van der Waals surface area contributed by atoms with Crippen LogP contribution < -0.4 is 10.1 Å². The van der Waals surface area contributed by atoms with Crippen molar-refractivity contribution in [1.82, 2.24) is 9.88 Å². The summed E-state index contributed by atoms with van der Waals surface area (Å²) >= 11 is 6.02. The largest absolute Gasteiger partial charge is 0.497 e. The summed E-state index contributed by atoms with van der Waals surface area (Å²) < 4.78 is 5.12. The highest BCUT2D eigenvalue weighted by atomic mass is 35.5. The van der Waals surface area contributed by atoms with E-state index < -0.39 is 0 Å². The van der Waals surface area contributed by atoms with Crippen LogP contribution in [0.5, 0.6) is 5.75 Å². The molecule has 1 aromatic heterocycles. The van der Waals surface area contributed by atoms with Crippen LogP contribution in [0.3, 0.4) is 0 Å². The molecule has 0 aliphatic rings. The third-order valence-electron chi connectivity index (χ3n) is 4.37. The summed E-state index contributed by atoms with van der Waals surface area (Å²) in [5.74, 6) is 0.742. The SMILES string of the molecule is COc1ccc(C(=O)N(C)CCCNc2ccnc3cc(Cl)ccc23)cc1. The van der Waals surface area contributed by atoms with Gasteiger partial charge in [0.05, 0.1) is 12.6 Å². The molecule has 3 aromatic rings. The Labute approximate surface area is 163 Å². The first-order chi connectivity index (χ1) is 13.1. The predicted molar refractivity (Wildman–Crippen MR) is 110 cm³/mol. The lowest BCUT2D eigenvalue weighted by Gasteiger charge is -2.18. The Morgan fingerprint density at radius 3 is 2.70 bits per heavy atom. The van der Waals surface area contributed by atoms with Gasteiger partial charge in [-0.2, -0.15) is 0 Å². The number of nitrogens with one attached hydrogen (secondary N) is 1. The van der Waals surface area contributed by atoms with E-state index in [1.807, 2.05) is 31.3 Å². The van der Waals surface area contributed by atoms with E-state index in [1.54, 1.807) is 42.5 Å². The summed E-state index contributed by atoms with van der Waals surface area (Å²) in [4.78, 5) is 18.5. The number of aromatic nitrogens is 1. The summed E-state index contributed by atoms with van der Waals surface area (Å²) in [5.41, 5.74) is 2.53. The van der Waals surface area contributed by atoms with Crippen molar-refractivity contribution in [1.29, 1.82) is 0 Å². The second kappa shape index (κ2) is 8.73. The van der Waals surface area contributed by atoms with E-state index in [0.717, 1.165) is 35.3 Å². The Hall–Kier alpha value is -2.79. The number of carbonyl (C=O) groups is 1. The molecule has 0 aliphatic heterocycles. The molecule has 6 heteroatoms. The second-order valence-electron chi connectivity index (χ2n) is 6.26. The van der Waals surface area contributed by atoms with Gasteiger partial charge in [0.25, 0.3) is 5.91 Å². The van der Waals surface area contributed by atoms with Crippen molar-refractivity contribution in [2.24, 2.45) is 0 Å². The molecule has 2 aromatic carbocycles. The minimum absolute atomic E-state index is 0.00153. The average Bonchev–Trinajstić information content (AvgIpc) is 2.70. The van der Waals surface area contributed by atoms with Crippen LogP contribution in [0, 0.1) is 0 Å². The number of anilines is 1. The Morgan fingerprint density at radius 2 is 1.96 bits per heavy atom. The van der Waals surface area contributed by atoms with Gasteiger partial charge < -0.3 is 15.0 Å². The number of carbonyl (C=O) groups excluding carboxylic acids is 1. The maximum atomic E-state index is 12.5. The van der Waals surface area contributed by atoms with Gasteiger partial charge in [0.15, 0.2) is 0 Å². The average molecular weight is 384 g/mol. The molecule has 0 saturated carbocycles. The van der Waals surface area contributed by atoms with Crippen molar-refractivity contribution in [2.45, 2.75) is 6.42 Å². The Bertz CT molecular complexity index is 928. The van der Waals surface area contributed by atoms with Crippen LogP contribution in [0.15, 0.2) is 54.7 Å². The highest BCUT2D eigenvalue weighted by Crippen LogP contribution is 2.24. The van der Waals surface area contributed by atoms with Gasteiger partial charge in [-0.05, 0) is 55.0 Å². The van der Waals surface area contributed by atoms with Crippen LogP contribution in [0.1, 0.15) is 16.8 Å². The lowest BCUT2D eigenvalue weighted by Crippen LogP contribution is -2.28. The van der Waals surface area contributed by atoms with Crippen LogP contribution in [0.2, 0.25) is 5.02 Å². The van der Waals surface area contributed by atoms with Crippen molar-refractivity contribution in [3.63, 3.8) is 0 Å². The highest BCUT2D eigenvalue weighted by Gasteiger charge is 2.11. The molecule has 27 heavy (non-hydrogen) atoms. The number of methoxy groups -OCH3 is 1. The number of pyridine rings is 1. The molecule has 0 atom stereocenters. The van der Waals surface area contributed by atoms with Gasteiger partial charge >= 0.3 is 0 Å². The van der Waals surface area contributed by atoms with E-state index in [1.165, 1.54) is 0 Å². The zero-order valence-electron chi connectivity index (χ0n) is 15.4. The molecule has 3 rings (SSSR count). The topological polar surface area (TPSA) is 54.5 Å². The van der Waals surface area contributed by atoms with Crippen LogP contribution in [0.4, 0.5) is 5.69 Å². The van der Waals surface area contributed by atoms with E-state index in [9.17, 15) is 4.79 Å². The molecule has 0 bridgehead atoms. The smallest absolute Gasteiger partial charge is 0.253 e. The molecule has 0 fully saturated rings. The molecule has 1 amide bonds. The predicted octanol–water partition coefficient (Wildman–Crippen LogP) is 4.47. The molecule has 0 aliphatic carbocycles. The first-order valence-electron chi connectivity index (χ1n) is 8.76. The Morgan fingerprint density at radius 1 is 1.19 bits per heavy atom. The summed E-state index contributed by atoms with van der Waals surface area (Å²) in [6.45, 7) is 1.41. The highest BCUT2D eigenvalue weighted by molar-refractivity contribution is 6.31. The van der Waals surface area contributed by atoms with Crippen LogP contribution in [0.25, 0.3) is 10.9 Å². The number of halogens is 1. The fourth-order valence-corrected chi connectivity index (χ4v) is 3.04. The number of benzene rings is 2. The van der Waals surface area contributed by atoms with E-state index in [0.29, 0.717) is 17.1 Å². The Kier molecular flexibility index (Phi) is 6.14. The molecular weight excluding hydrogens is 362 g/mol. The van der Waals surface area contributed by atoms with Crippen LogP contribution >= 0.6 is 11.6 Å². The third kappa shape index (κ3) is 4.68. The van der Waals surface area contributed by atoms with E-state index in [2.05, 4.69) is 10.3 Å². The van der Waals surface area contributed by atoms with E-state index in [-0.39, 0.29) is 5.91 Å². The van der Waals surface area contributed by atoms with Crippen molar-refractivity contribution < 1.29 is 9.53 Å². The molecule has 0 saturated heterocycles. The number of ether oxygens (including phenoxy) is 1. The first-order valence-corrected chi connectivity index (χ1v) is 9.14. The molecule has 0 radical (unpaired) electrons. The first kappa shape index (κ1) is 19.0. The van der Waals surface area contributed by atoms with Gasteiger partial charge in [-0.15, -0.1) is 0 Å². The second-order valence-corrected chi connectivity index (χ2v) is 6.69. The third-order valence-corrected chi connectivity index (χ3v) is 4.61. The molecule has 0 spiro atoms. The maximum absolute atomic E-state index is 12.5. The molecule has 140 valence electrons. The van der Waals surface area contributed by atoms with Crippen LogP contribution in [-0.4, -0.2) is 43.0 Å². The van der Waals surface area contributed by atoms with Crippen molar-refractivity contribution in [3.8, 4) is 5.75 Å². The van der Waals surface area contributed by atoms with Crippen molar-refractivity contribution in [2.75, 3.05) is 32.6 Å². The lowest BCUT2D eigenvalue weighted by atomic mass is 10.2. The monoisotopic (exact) mass is 383 g/mol. The fraction of sp³-hybridized carbons (Fsp3) is 0.238. The zero-order valence-corrected chi connectivity index (χ0v) is 16.2. The van der Waals surface area contributed by atoms with Gasteiger partial charge in [0.2, 0.25) is 0 Å². The molecule has 0 unspecified atom stereocenters. The minimum atomic E-state index is 0.00153. The normalized spacial score (nSPS) is 10.6. The number of amides is 1. The summed E-state index contributed by atoms with van der Waals surface area (Å²) in [7, 11) is 3.42. The van der Waals surface area contributed by atoms with E-state index in [4.69, 9.17) is 16.3 Å².